The first-order chi connectivity index (χ1) is 13.6. The van der Waals surface area contributed by atoms with Gasteiger partial charge in [-0.1, -0.05) is 49.9 Å². The first-order valence-corrected chi connectivity index (χ1v) is 10.3. The van der Waals surface area contributed by atoms with Crippen LogP contribution < -0.4 is 10.4 Å². The molecule has 0 amide bonds. The van der Waals surface area contributed by atoms with Crippen molar-refractivity contribution in [3.63, 3.8) is 0 Å². The van der Waals surface area contributed by atoms with Crippen LogP contribution in [-0.2, 0) is 13.1 Å². The Morgan fingerprint density at radius 2 is 1.68 bits per heavy atom. The number of halogens is 1. The van der Waals surface area contributed by atoms with Gasteiger partial charge in [0.2, 0.25) is 5.62 Å². The lowest BCUT2D eigenvalue weighted by Gasteiger charge is -2.14. The van der Waals surface area contributed by atoms with E-state index in [1.807, 2.05) is 33.4 Å². The molecule has 0 saturated carbocycles. The average molecular weight is 402 g/mol. The molecule has 150 valence electrons. The lowest BCUT2D eigenvalue weighted by molar-refractivity contribution is 0.0921. The summed E-state index contributed by atoms with van der Waals surface area (Å²) in [7, 11) is 0. The van der Waals surface area contributed by atoms with Crippen molar-refractivity contribution in [2.75, 3.05) is 6.61 Å². The number of aliphatic hydroxyl groups is 1. The number of fused-ring (bicyclic) bond motifs is 1. The van der Waals surface area contributed by atoms with Crippen LogP contribution in [0.5, 0.6) is 5.75 Å². The largest absolute Gasteiger partial charge is 0.491 e. The lowest BCUT2D eigenvalue weighted by atomic mass is 10.2. The second kappa shape index (κ2) is 9.80. The minimum Gasteiger partial charge on any atom is -0.491 e. The van der Waals surface area contributed by atoms with Gasteiger partial charge in [0.25, 0.3) is 0 Å². The molecule has 0 aliphatic carbocycles. The minimum atomic E-state index is -0.718. The lowest BCUT2D eigenvalue weighted by Crippen LogP contribution is -2.31. The van der Waals surface area contributed by atoms with E-state index in [0.29, 0.717) is 22.9 Å². The normalized spacial score (nSPS) is 12.4. The highest BCUT2D eigenvalue weighted by Crippen LogP contribution is 2.17. The standard InChI is InChI=1S/C22H28ClN3O2/c1-2-3-4-7-14-25-20-8-5-6-9-21(20)26(22(25)24)15-18(27)16-28-19-12-10-17(23)11-13-19/h5-6,8-13,18,24,27H,2-4,7,14-16H2,1H3/t18-/m1/s1. The maximum Gasteiger partial charge on any atom is 0.203 e. The fourth-order valence-corrected chi connectivity index (χ4v) is 3.52. The van der Waals surface area contributed by atoms with Crippen molar-refractivity contribution >= 4 is 22.6 Å². The summed E-state index contributed by atoms with van der Waals surface area (Å²) >= 11 is 5.88. The van der Waals surface area contributed by atoms with Crippen LogP contribution in [0.1, 0.15) is 32.6 Å². The molecule has 0 bridgehead atoms. The first-order valence-electron chi connectivity index (χ1n) is 9.89. The van der Waals surface area contributed by atoms with Crippen molar-refractivity contribution in [2.24, 2.45) is 0 Å². The Morgan fingerprint density at radius 3 is 2.36 bits per heavy atom. The molecule has 3 rings (SSSR count). The Bertz CT molecular complexity index is 947. The molecule has 1 atom stereocenters. The van der Waals surface area contributed by atoms with Crippen LogP contribution in [0.25, 0.3) is 11.0 Å². The van der Waals surface area contributed by atoms with Crippen molar-refractivity contribution in [2.45, 2.75) is 51.8 Å². The number of hydrogen-bond donors (Lipinski definition) is 2. The highest BCUT2D eigenvalue weighted by Gasteiger charge is 2.14. The molecular weight excluding hydrogens is 374 g/mol. The third-order valence-corrected chi connectivity index (χ3v) is 5.11. The summed E-state index contributed by atoms with van der Waals surface area (Å²) in [5.74, 6) is 0.665. The van der Waals surface area contributed by atoms with Gasteiger partial charge in [0, 0.05) is 11.6 Å². The number of nitrogens with one attached hydrogen (secondary N) is 1. The summed E-state index contributed by atoms with van der Waals surface area (Å²) in [6.45, 7) is 3.49. The molecule has 28 heavy (non-hydrogen) atoms. The van der Waals surface area contributed by atoms with E-state index in [1.54, 1.807) is 24.3 Å². The molecule has 0 unspecified atom stereocenters. The van der Waals surface area contributed by atoms with Crippen molar-refractivity contribution in [3.05, 3.63) is 59.2 Å². The molecule has 1 heterocycles. The SMILES string of the molecule is CCCCCCn1c(=N)n(C[C@@H](O)COc2ccc(Cl)cc2)c2ccccc21. The zero-order valence-electron chi connectivity index (χ0n) is 16.3. The van der Waals surface area contributed by atoms with Gasteiger partial charge in [0.15, 0.2) is 0 Å². The van der Waals surface area contributed by atoms with E-state index in [9.17, 15) is 5.11 Å². The van der Waals surface area contributed by atoms with E-state index in [2.05, 4.69) is 6.92 Å². The number of nitrogens with zero attached hydrogens (tertiary/aromatic N) is 2. The molecule has 0 aliphatic rings. The number of benzene rings is 2. The number of imidazole rings is 1. The number of para-hydroxylation sites is 2. The number of rotatable bonds is 10. The maximum atomic E-state index is 10.5. The maximum absolute atomic E-state index is 10.5. The zero-order chi connectivity index (χ0) is 19.9. The number of aromatic nitrogens is 2. The molecule has 1 aromatic heterocycles. The molecule has 0 spiro atoms. The molecule has 6 heteroatoms. The van der Waals surface area contributed by atoms with E-state index in [-0.39, 0.29) is 6.61 Å². The number of aliphatic hydroxyl groups excluding tert-OH is 1. The van der Waals surface area contributed by atoms with E-state index < -0.39 is 6.10 Å². The third kappa shape index (κ3) is 4.97. The second-order valence-corrected chi connectivity index (χ2v) is 7.49. The molecule has 5 nitrogen and oxygen atoms in total. The van der Waals surface area contributed by atoms with Crippen LogP contribution in [0, 0.1) is 5.41 Å². The van der Waals surface area contributed by atoms with Crippen LogP contribution in [0.3, 0.4) is 0 Å². The molecule has 3 aromatic rings. The summed E-state index contributed by atoms with van der Waals surface area (Å²) in [6.07, 6.45) is 3.91. The molecule has 0 fully saturated rings. The third-order valence-electron chi connectivity index (χ3n) is 4.86. The van der Waals surface area contributed by atoms with Crippen molar-refractivity contribution in [3.8, 4) is 5.75 Å². The monoisotopic (exact) mass is 401 g/mol. The average Bonchev–Trinajstić information content (AvgIpc) is 2.96. The summed E-state index contributed by atoms with van der Waals surface area (Å²) in [5, 5.41) is 19.8. The number of hydrogen-bond acceptors (Lipinski definition) is 3. The van der Waals surface area contributed by atoms with Crippen LogP contribution in [0.2, 0.25) is 5.02 Å². The van der Waals surface area contributed by atoms with Gasteiger partial charge in [0.1, 0.15) is 18.5 Å². The number of ether oxygens (including phenoxy) is 1. The summed E-state index contributed by atoms with van der Waals surface area (Å²) in [5.41, 5.74) is 2.42. The van der Waals surface area contributed by atoms with Crippen molar-refractivity contribution in [1.82, 2.24) is 9.13 Å². The predicted octanol–water partition coefficient (Wildman–Crippen LogP) is 4.60. The highest BCUT2D eigenvalue weighted by molar-refractivity contribution is 6.30. The Balaban J connectivity index is 1.72. The van der Waals surface area contributed by atoms with E-state index in [0.717, 1.165) is 24.0 Å². The first kappa shape index (κ1) is 20.5. The number of unbranched alkanes of at least 4 members (excludes halogenated alkanes) is 3. The predicted molar refractivity (Wildman–Crippen MR) is 113 cm³/mol. The van der Waals surface area contributed by atoms with Gasteiger partial charge in [-0.25, -0.2) is 0 Å². The zero-order valence-corrected chi connectivity index (χ0v) is 17.0. The van der Waals surface area contributed by atoms with E-state index in [4.69, 9.17) is 21.7 Å². The van der Waals surface area contributed by atoms with Gasteiger partial charge in [-0.3, -0.25) is 5.41 Å². The summed E-state index contributed by atoms with van der Waals surface area (Å²) in [4.78, 5) is 0. The quantitative estimate of drug-likeness (QED) is 0.488. The molecule has 0 saturated heterocycles. The van der Waals surface area contributed by atoms with Gasteiger partial charge >= 0.3 is 0 Å². The Labute approximate surface area is 170 Å². The molecule has 0 radical (unpaired) electrons. The van der Waals surface area contributed by atoms with Gasteiger partial charge in [-0.05, 0) is 42.8 Å². The fraction of sp³-hybridized carbons (Fsp3) is 0.409. The van der Waals surface area contributed by atoms with Gasteiger partial charge in [-0.2, -0.15) is 0 Å². The van der Waals surface area contributed by atoms with Crippen LogP contribution >= 0.6 is 11.6 Å². The molecular formula is C22H28ClN3O2. The van der Waals surface area contributed by atoms with Crippen LogP contribution in [0.15, 0.2) is 48.5 Å². The van der Waals surface area contributed by atoms with E-state index >= 15 is 0 Å². The van der Waals surface area contributed by atoms with Gasteiger partial charge in [0.05, 0.1) is 17.6 Å². The highest BCUT2D eigenvalue weighted by atomic mass is 35.5. The number of aryl methyl sites for hydroxylation is 1. The second-order valence-electron chi connectivity index (χ2n) is 7.05. The van der Waals surface area contributed by atoms with Crippen molar-refractivity contribution in [1.29, 1.82) is 5.41 Å². The molecule has 2 N–H and O–H groups in total. The topological polar surface area (TPSA) is 63.2 Å². The van der Waals surface area contributed by atoms with E-state index in [1.165, 1.54) is 19.3 Å². The smallest absolute Gasteiger partial charge is 0.203 e. The van der Waals surface area contributed by atoms with Crippen molar-refractivity contribution < 1.29 is 9.84 Å². The fourth-order valence-electron chi connectivity index (χ4n) is 3.39. The summed E-state index contributed by atoms with van der Waals surface area (Å²) in [6, 6.07) is 15.1. The van der Waals surface area contributed by atoms with Crippen LogP contribution in [0.4, 0.5) is 0 Å². The Morgan fingerprint density at radius 1 is 1.00 bits per heavy atom. The Kier molecular flexibility index (Phi) is 7.18. The minimum absolute atomic E-state index is 0.157. The molecule has 0 aliphatic heterocycles. The van der Waals surface area contributed by atoms with Gasteiger partial charge in [-0.15, -0.1) is 0 Å². The van der Waals surface area contributed by atoms with Gasteiger partial charge < -0.3 is 19.0 Å². The summed E-state index contributed by atoms with van der Waals surface area (Å²) < 4.78 is 9.56. The Hall–Kier alpha value is -2.24. The van der Waals surface area contributed by atoms with Crippen LogP contribution in [-0.4, -0.2) is 27.0 Å². The molecule has 2 aromatic carbocycles.